The van der Waals surface area contributed by atoms with Gasteiger partial charge in [0.05, 0.1) is 49.8 Å². The predicted octanol–water partition coefficient (Wildman–Crippen LogP) is 5.78. The van der Waals surface area contributed by atoms with E-state index in [0.29, 0.717) is 62.0 Å². The molecule has 6 saturated heterocycles. The number of ether oxygens (including phenoxy) is 8. The van der Waals surface area contributed by atoms with Gasteiger partial charge in [0.15, 0.2) is 17.2 Å². The van der Waals surface area contributed by atoms with Gasteiger partial charge in [0, 0.05) is 38.0 Å². The van der Waals surface area contributed by atoms with Gasteiger partial charge in [-0.15, -0.1) is 0 Å². The molecule has 3 spiro atoms. The summed E-state index contributed by atoms with van der Waals surface area (Å²) in [5, 5.41) is 54.6. The Morgan fingerprint density at radius 1 is 1.02 bits per heavy atom. The number of hydrogen-bond donors (Lipinski definition) is 5. The third-order valence-corrected chi connectivity index (χ3v) is 14.8. The summed E-state index contributed by atoms with van der Waals surface area (Å²) in [4.78, 5) is 12.9. The van der Waals surface area contributed by atoms with Crippen molar-refractivity contribution in [3.05, 3.63) is 60.3 Å². The van der Waals surface area contributed by atoms with Crippen LogP contribution in [0.3, 0.4) is 0 Å². The van der Waals surface area contributed by atoms with Crippen LogP contribution < -0.4 is 0 Å². The predicted molar refractivity (Wildman–Crippen MR) is 236 cm³/mol. The fourth-order valence-corrected chi connectivity index (χ4v) is 11.1. The summed E-state index contributed by atoms with van der Waals surface area (Å²) >= 11 is 0. The van der Waals surface area contributed by atoms with Gasteiger partial charge in [0.1, 0.15) is 31.0 Å². The highest BCUT2D eigenvalue weighted by molar-refractivity contribution is 5.79. The SMILES string of the molecule is C=C(C=CCO)COC(=O)C(C)(O)CC1CCC(O)C2(C=C(C)CC(C(C)C=CC3CCC4(CCC5OC(C(O)CC(C)C6OC7(CCCCO7)CCC6C)C(=C)C(O)C5O4)O3)O2)O1. The summed E-state index contributed by atoms with van der Waals surface area (Å²) in [7, 11) is 0. The van der Waals surface area contributed by atoms with E-state index in [0.717, 1.165) is 50.7 Å². The van der Waals surface area contributed by atoms with E-state index in [2.05, 4.69) is 33.1 Å². The summed E-state index contributed by atoms with van der Waals surface area (Å²) in [6.07, 6.45) is 12.4. The van der Waals surface area contributed by atoms with Crippen LogP contribution in [-0.4, -0.2) is 135 Å². The molecule has 0 amide bonds. The number of esters is 1. The van der Waals surface area contributed by atoms with Crippen LogP contribution in [0.4, 0.5) is 0 Å². The zero-order valence-corrected chi connectivity index (χ0v) is 38.7. The fraction of sp³-hybridized carbons (Fsp3) is 0.780. The second kappa shape index (κ2) is 20.5. The summed E-state index contributed by atoms with van der Waals surface area (Å²) in [5.74, 6) is -3.38. The first-order chi connectivity index (χ1) is 30.4. The van der Waals surface area contributed by atoms with Crippen LogP contribution in [0.1, 0.15) is 125 Å². The van der Waals surface area contributed by atoms with Crippen molar-refractivity contribution in [3.8, 4) is 0 Å². The quantitative estimate of drug-likeness (QED) is 0.0801. The highest BCUT2D eigenvalue weighted by Crippen LogP contribution is 2.47. The molecule has 0 bridgehead atoms. The van der Waals surface area contributed by atoms with Gasteiger partial charge in [-0.3, -0.25) is 0 Å². The van der Waals surface area contributed by atoms with Crippen LogP contribution in [0, 0.1) is 17.8 Å². The van der Waals surface area contributed by atoms with Crippen molar-refractivity contribution in [1.29, 1.82) is 0 Å². The Morgan fingerprint density at radius 3 is 2.53 bits per heavy atom. The molecule has 7 aliphatic rings. The molecular weight excluding hydrogens is 825 g/mol. The van der Waals surface area contributed by atoms with Crippen LogP contribution >= 0.6 is 0 Å². The topological polar surface area (TPSA) is 192 Å². The molecule has 0 aromatic rings. The molecule has 7 rings (SSSR count). The highest BCUT2D eigenvalue weighted by atomic mass is 16.7. The molecule has 0 aromatic heterocycles. The van der Waals surface area contributed by atoms with Crippen molar-refractivity contribution in [2.24, 2.45) is 17.8 Å². The van der Waals surface area contributed by atoms with E-state index in [1.165, 1.54) is 13.0 Å². The molecule has 7 heterocycles. The van der Waals surface area contributed by atoms with Gasteiger partial charge in [0.2, 0.25) is 5.79 Å². The lowest BCUT2D eigenvalue weighted by Gasteiger charge is -2.50. The van der Waals surface area contributed by atoms with Gasteiger partial charge in [-0.05, 0) is 101 Å². The average Bonchev–Trinajstić information content (AvgIpc) is 3.66. The number of rotatable bonds is 14. The van der Waals surface area contributed by atoms with Gasteiger partial charge in [0.25, 0.3) is 0 Å². The lowest BCUT2D eigenvalue weighted by Crippen LogP contribution is -2.60. The zero-order chi connectivity index (χ0) is 46.0. The monoisotopic (exact) mass is 901 g/mol. The molecule has 7 aliphatic heterocycles. The smallest absolute Gasteiger partial charge is 0.338 e. The molecule has 0 saturated carbocycles. The van der Waals surface area contributed by atoms with E-state index >= 15 is 0 Å². The van der Waals surface area contributed by atoms with E-state index in [-0.39, 0.29) is 49.8 Å². The molecule has 64 heavy (non-hydrogen) atoms. The van der Waals surface area contributed by atoms with Gasteiger partial charge < -0.3 is 63.4 Å². The lowest BCUT2D eigenvalue weighted by atomic mass is 9.79. The van der Waals surface area contributed by atoms with Crippen molar-refractivity contribution in [1.82, 2.24) is 0 Å². The normalized spacial score (nSPS) is 41.8. The molecule has 0 radical (unpaired) electrons. The molecule has 0 aromatic carbocycles. The maximum atomic E-state index is 12.9. The van der Waals surface area contributed by atoms with Gasteiger partial charge >= 0.3 is 5.97 Å². The second-order valence-corrected chi connectivity index (χ2v) is 20.4. The Labute approximate surface area is 379 Å². The van der Waals surface area contributed by atoms with Crippen LogP contribution in [0.5, 0.6) is 0 Å². The van der Waals surface area contributed by atoms with E-state index in [1.54, 1.807) is 6.08 Å². The Hall–Kier alpha value is -2.31. The van der Waals surface area contributed by atoms with Gasteiger partial charge in [-0.1, -0.05) is 63.8 Å². The minimum atomic E-state index is -1.86. The van der Waals surface area contributed by atoms with Gasteiger partial charge in [-0.25, -0.2) is 4.79 Å². The Balaban J connectivity index is 0.903. The molecule has 0 aliphatic carbocycles. The standard InChI is InChI=1S/C50H76O14/c1-30(11-10-23-51)29-57-46(55)47(7,56)28-37-14-15-41(53)50(61-37)27-31(2)25-40(62-50)32(3)12-13-36-17-21-49(60-36)22-18-39-45(64-49)42(54)35(6)44(59-39)38(52)26-34(5)43-33(4)16-20-48(63-43)19-8-9-24-58-48/h10-13,27,32-34,36-45,51-54,56H,1,6,8-9,14-26,28-29H2,2-5,7H3. The first-order valence-electron chi connectivity index (χ1n) is 24.0. The summed E-state index contributed by atoms with van der Waals surface area (Å²) in [6, 6.07) is 0. The van der Waals surface area contributed by atoms with Crippen molar-refractivity contribution >= 4 is 5.97 Å². The van der Waals surface area contributed by atoms with E-state index in [4.69, 9.17) is 43.0 Å². The van der Waals surface area contributed by atoms with Crippen LogP contribution in [0.15, 0.2) is 60.3 Å². The lowest BCUT2D eigenvalue weighted by molar-refractivity contribution is -0.321. The molecule has 5 N–H and O–H groups in total. The van der Waals surface area contributed by atoms with E-state index in [9.17, 15) is 25.2 Å². The number of hydrogen-bond acceptors (Lipinski definition) is 14. The molecule has 17 unspecified atom stereocenters. The molecular formula is C50H76O14. The minimum absolute atomic E-state index is 0.0442. The second-order valence-electron chi connectivity index (χ2n) is 20.4. The third-order valence-electron chi connectivity index (χ3n) is 14.8. The first-order valence-corrected chi connectivity index (χ1v) is 24.0. The number of aliphatic hydroxyl groups excluding tert-OH is 4. The largest absolute Gasteiger partial charge is 0.459 e. The average molecular weight is 901 g/mol. The Kier molecular flexibility index (Phi) is 15.9. The highest BCUT2D eigenvalue weighted by Gasteiger charge is 2.55. The van der Waals surface area contributed by atoms with Crippen LogP contribution in [0.2, 0.25) is 0 Å². The summed E-state index contributed by atoms with van der Waals surface area (Å²) in [6.45, 7) is 18.2. The van der Waals surface area contributed by atoms with E-state index in [1.807, 2.05) is 26.0 Å². The third kappa shape index (κ3) is 11.2. The van der Waals surface area contributed by atoms with Gasteiger partial charge in [-0.2, -0.15) is 0 Å². The van der Waals surface area contributed by atoms with Crippen LogP contribution in [0.25, 0.3) is 0 Å². The molecule has 14 heteroatoms. The molecule has 6 fully saturated rings. The molecule has 17 atom stereocenters. The zero-order valence-electron chi connectivity index (χ0n) is 38.7. The number of carbonyl (C=O) groups excluding carboxylic acids is 1. The maximum Gasteiger partial charge on any atom is 0.338 e. The summed E-state index contributed by atoms with van der Waals surface area (Å²) in [5.41, 5.74) is 0.0125. The number of aliphatic hydroxyl groups is 5. The first kappa shape index (κ1) is 49.6. The Morgan fingerprint density at radius 2 is 1.78 bits per heavy atom. The van der Waals surface area contributed by atoms with E-state index < -0.39 is 71.7 Å². The fourth-order valence-electron chi connectivity index (χ4n) is 11.1. The Bertz CT molecular complexity index is 1740. The molecule has 360 valence electrons. The molecule has 14 nitrogen and oxygen atoms in total. The van der Waals surface area contributed by atoms with Crippen molar-refractivity contribution in [3.63, 3.8) is 0 Å². The maximum absolute atomic E-state index is 12.9. The number of carbonyl (C=O) groups is 1. The van der Waals surface area contributed by atoms with Crippen LogP contribution in [-0.2, 0) is 42.7 Å². The van der Waals surface area contributed by atoms with Crippen molar-refractivity contribution in [2.75, 3.05) is 19.8 Å². The van der Waals surface area contributed by atoms with Crippen molar-refractivity contribution in [2.45, 2.75) is 209 Å². The summed E-state index contributed by atoms with van der Waals surface area (Å²) < 4.78 is 50.9. The number of fused-ring (bicyclic) bond motifs is 1. The van der Waals surface area contributed by atoms with Crippen molar-refractivity contribution < 1.29 is 68.2 Å². The minimum Gasteiger partial charge on any atom is -0.459 e.